The highest BCUT2D eigenvalue weighted by Crippen LogP contribution is 2.23. The lowest BCUT2D eigenvalue weighted by Crippen LogP contribution is -2.30. The number of methoxy groups -OCH3 is 1. The molecule has 0 radical (unpaired) electrons. The fraction of sp³-hybridized carbons (Fsp3) is 0.0645. The van der Waals surface area contributed by atoms with E-state index in [1.54, 1.807) is 86.0 Å². The molecule has 0 aliphatic heterocycles. The van der Waals surface area contributed by atoms with Crippen LogP contribution in [0.25, 0.3) is 6.08 Å². The normalized spacial score (nSPS) is 11.0. The second kappa shape index (κ2) is 13.2. The molecule has 0 spiro atoms. The highest BCUT2D eigenvalue weighted by Gasteiger charge is 2.16. The maximum Gasteiger partial charge on any atom is 0.272 e. The Labute approximate surface area is 229 Å². The van der Waals surface area contributed by atoms with Crippen LogP contribution < -0.4 is 15.4 Å². The SMILES string of the molecule is COc1ccc(/C=C(\NC(=O)c2ccccc2)C(=O)Nc2cccc(SCC(=O)c3ccc(F)cc3)c2)cc1. The van der Waals surface area contributed by atoms with Crippen molar-refractivity contribution >= 4 is 41.1 Å². The minimum Gasteiger partial charge on any atom is -0.497 e. The summed E-state index contributed by atoms with van der Waals surface area (Å²) in [5.74, 6) is -0.656. The molecular formula is C31H25FN2O4S. The van der Waals surface area contributed by atoms with Crippen molar-refractivity contribution in [3.63, 3.8) is 0 Å². The molecule has 196 valence electrons. The molecule has 0 bridgehead atoms. The van der Waals surface area contributed by atoms with E-state index in [-0.39, 0.29) is 17.2 Å². The Morgan fingerprint density at radius 3 is 2.26 bits per heavy atom. The summed E-state index contributed by atoms with van der Waals surface area (Å²) in [5.41, 5.74) is 2.08. The number of hydrogen-bond donors (Lipinski definition) is 2. The molecule has 0 aliphatic carbocycles. The third-order valence-electron chi connectivity index (χ3n) is 5.58. The second-order valence-electron chi connectivity index (χ2n) is 8.35. The molecule has 6 nitrogen and oxygen atoms in total. The number of anilines is 1. The predicted octanol–water partition coefficient (Wildman–Crippen LogP) is 6.22. The monoisotopic (exact) mass is 540 g/mol. The van der Waals surface area contributed by atoms with Crippen LogP contribution in [0, 0.1) is 5.82 Å². The zero-order valence-electron chi connectivity index (χ0n) is 21.0. The summed E-state index contributed by atoms with van der Waals surface area (Å²) in [6.45, 7) is 0. The van der Waals surface area contributed by atoms with Crippen LogP contribution in [0.1, 0.15) is 26.3 Å². The zero-order valence-corrected chi connectivity index (χ0v) is 21.8. The molecule has 0 aromatic heterocycles. The number of benzene rings is 4. The van der Waals surface area contributed by atoms with Gasteiger partial charge in [-0.05, 0) is 78.4 Å². The number of carbonyl (C=O) groups excluding carboxylic acids is 3. The Balaban J connectivity index is 1.49. The first-order chi connectivity index (χ1) is 18.9. The van der Waals surface area contributed by atoms with Gasteiger partial charge < -0.3 is 15.4 Å². The molecule has 2 N–H and O–H groups in total. The van der Waals surface area contributed by atoms with Gasteiger partial charge in [0.05, 0.1) is 12.9 Å². The first kappa shape index (κ1) is 27.3. The van der Waals surface area contributed by atoms with Crippen molar-refractivity contribution in [3.8, 4) is 5.75 Å². The molecule has 0 aliphatic rings. The van der Waals surface area contributed by atoms with Crippen molar-refractivity contribution in [2.75, 3.05) is 18.2 Å². The van der Waals surface area contributed by atoms with E-state index >= 15 is 0 Å². The predicted molar refractivity (Wildman–Crippen MR) is 151 cm³/mol. The van der Waals surface area contributed by atoms with Crippen molar-refractivity contribution in [1.82, 2.24) is 5.32 Å². The lowest BCUT2D eigenvalue weighted by atomic mass is 10.1. The van der Waals surface area contributed by atoms with Crippen molar-refractivity contribution in [2.45, 2.75) is 4.90 Å². The number of ketones is 1. The molecule has 0 saturated carbocycles. The average Bonchev–Trinajstić information content (AvgIpc) is 2.97. The molecular weight excluding hydrogens is 515 g/mol. The molecule has 4 aromatic carbocycles. The van der Waals surface area contributed by atoms with E-state index in [0.717, 1.165) is 4.90 Å². The smallest absolute Gasteiger partial charge is 0.272 e. The number of amides is 2. The quantitative estimate of drug-likeness (QED) is 0.142. The zero-order chi connectivity index (χ0) is 27.6. The Morgan fingerprint density at radius 2 is 1.56 bits per heavy atom. The lowest BCUT2D eigenvalue weighted by molar-refractivity contribution is -0.113. The van der Waals surface area contributed by atoms with Gasteiger partial charge in [0.2, 0.25) is 0 Å². The van der Waals surface area contributed by atoms with Gasteiger partial charge >= 0.3 is 0 Å². The number of halogens is 1. The average molecular weight is 541 g/mol. The van der Waals surface area contributed by atoms with Gasteiger partial charge in [0.15, 0.2) is 5.78 Å². The van der Waals surface area contributed by atoms with E-state index in [1.807, 2.05) is 6.07 Å². The number of Topliss-reactive ketones (excluding diaryl/α,β-unsaturated/α-hetero) is 1. The number of nitrogens with one attached hydrogen (secondary N) is 2. The molecule has 4 rings (SSSR count). The number of thioether (sulfide) groups is 1. The first-order valence-corrected chi connectivity index (χ1v) is 12.9. The highest BCUT2D eigenvalue weighted by atomic mass is 32.2. The van der Waals surface area contributed by atoms with Gasteiger partial charge in [0, 0.05) is 21.7 Å². The number of carbonyl (C=O) groups is 3. The van der Waals surface area contributed by atoms with Crippen molar-refractivity contribution in [1.29, 1.82) is 0 Å². The maximum atomic E-state index is 13.3. The second-order valence-corrected chi connectivity index (χ2v) is 9.40. The van der Waals surface area contributed by atoms with E-state index in [9.17, 15) is 18.8 Å². The fourth-order valence-electron chi connectivity index (χ4n) is 3.54. The molecule has 39 heavy (non-hydrogen) atoms. The minimum absolute atomic E-state index is 0.0542. The summed E-state index contributed by atoms with van der Waals surface area (Å²) in [6.07, 6.45) is 1.58. The molecule has 0 saturated heterocycles. The molecule has 0 fully saturated rings. The van der Waals surface area contributed by atoms with Crippen molar-refractivity contribution in [3.05, 3.63) is 131 Å². The Hall–Kier alpha value is -4.69. The van der Waals surface area contributed by atoms with E-state index in [4.69, 9.17) is 4.74 Å². The van der Waals surface area contributed by atoms with Gasteiger partial charge in [-0.1, -0.05) is 36.4 Å². The van der Waals surface area contributed by atoms with Crippen molar-refractivity contribution in [2.24, 2.45) is 0 Å². The third kappa shape index (κ3) is 7.90. The van der Waals surface area contributed by atoms with Crippen LogP contribution in [0.2, 0.25) is 0 Å². The molecule has 0 heterocycles. The van der Waals surface area contributed by atoms with Crippen LogP contribution in [0.3, 0.4) is 0 Å². The van der Waals surface area contributed by atoms with Gasteiger partial charge in [-0.2, -0.15) is 0 Å². The standard InChI is InChI=1S/C31H25FN2O4S/c1-38-26-16-10-21(11-17-26)18-28(34-30(36)23-6-3-2-4-7-23)31(37)33-25-8-5-9-27(19-25)39-20-29(35)22-12-14-24(32)15-13-22/h2-19H,20H2,1H3,(H,33,37)(H,34,36)/b28-18-. The minimum atomic E-state index is -0.514. The van der Waals surface area contributed by atoms with Crippen LogP contribution >= 0.6 is 11.8 Å². The van der Waals surface area contributed by atoms with Gasteiger partial charge in [-0.3, -0.25) is 14.4 Å². The molecule has 0 atom stereocenters. The summed E-state index contributed by atoms with van der Waals surface area (Å²) in [5, 5.41) is 5.53. The number of rotatable bonds is 10. The number of ether oxygens (including phenoxy) is 1. The van der Waals surface area contributed by atoms with E-state index in [0.29, 0.717) is 28.1 Å². The van der Waals surface area contributed by atoms with Gasteiger partial charge in [0.1, 0.15) is 17.3 Å². The summed E-state index contributed by atoms with van der Waals surface area (Å²) in [4.78, 5) is 39.3. The van der Waals surface area contributed by atoms with Crippen LogP contribution in [0.4, 0.5) is 10.1 Å². The molecule has 4 aromatic rings. The topological polar surface area (TPSA) is 84.5 Å². The molecule has 8 heteroatoms. The van der Waals surface area contributed by atoms with E-state index in [1.165, 1.54) is 36.0 Å². The number of hydrogen-bond acceptors (Lipinski definition) is 5. The maximum absolute atomic E-state index is 13.3. The Morgan fingerprint density at radius 1 is 0.846 bits per heavy atom. The van der Waals surface area contributed by atoms with Gasteiger partial charge in [-0.25, -0.2) is 4.39 Å². The molecule has 0 unspecified atom stereocenters. The van der Waals surface area contributed by atoms with E-state index < -0.39 is 17.6 Å². The lowest BCUT2D eigenvalue weighted by Gasteiger charge is -2.12. The third-order valence-corrected chi connectivity index (χ3v) is 6.58. The highest BCUT2D eigenvalue weighted by molar-refractivity contribution is 8.00. The first-order valence-electron chi connectivity index (χ1n) is 12.0. The summed E-state index contributed by atoms with van der Waals surface area (Å²) in [7, 11) is 1.56. The summed E-state index contributed by atoms with van der Waals surface area (Å²) >= 11 is 1.30. The molecule has 2 amide bonds. The van der Waals surface area contributed by atoms with Crippen LogP contribution in [0.5, 0.6) is 5.75 Å². The van der Waals surface area contributed by atoms with Gasteiger partial charge in [-0.15, -0.1) is 11.8 Å². The summed E-state index contributed by atoms with van der Waals surface area (Å²) < 4.78 is 18.3. The van der Waals surface area contributed by atoms with Crippen LogP contribution in [-0.4, -0.2) is 30.5 Å². The van der Waals surface area contributed by atoms with Crippen LogP contribution in [-0.2, 0) is 4.79 Å². The van der Waals surface area contributed by atoms with Crippen molar-refractivity contribution < 1.29 is 23.5 Å². The van der Waals surface area contributed by atoms with Crippen LogP contribution in [0.15, 0.2) is 114 Å². The van der Waals surface area contributed by atoms with Gasteiger partial charge in [0.25, 0.3) is 11.8 Å². The largest absolute Gasteiger partial charge is 0.497 e. The summed E-state index contributed by atoms with van der Waals surface area (Å²) in [6, 6.07) is 28.1. The van der Waals surface area contributed by atoms with E-state index in [2.05, 4.69) is 10.6 Å². The Kier molecular flexibility index (Phi) is 9.26. The Bertz CT molecular complexity index is 1490. The fourth-order valence-corrected chi connectivity index (χ4v) is 4.39.